The summed E-state index contributed by atoms with van der Waals surface area (Å²) in [6, 6.07) is 0. The zero-order valence-electron chi connectivity index (χ0n) is 5.02. The maximum Gasteiger partial charge on any atom is 0 e. The Labute approximate surface area is 61.4 Å². The molecule has 0 spiro atoms. The molecule has 0 saturated carbocycles. The van der Waals surface area contributed by atoms with Crippen molar-refractivity contribution in [1.29, 1.82) is 0 Å². The molecule has 0 aliphatic carbocycles. The third-order valence-corrected chi connectivity index (χ3v) is 0.605. The van der Waals surface area contributed by atoms with Crippen LogP contribution < -0.4 is 0 Å². The summed E-state index contributed by atoms with van der Waals surface area (Å²) in [5.41, 5.74) is 0. The van der Waals surface area contributed by atoms with Crippen LogP contribution in [0.3, 0.4) is 0 Å². The van der Waals surface area contributed by atoms with Crippen molar-refractivity contribution in [2.45, 2.75) is 20.3 Å². The largest absolute Gasteiger partial charge is 0.662 e. The van der Waals surface area contributed by atoms with Crippen LogP contribution in [0.1, 0.15) is 20.3 Å². The Morgan fingerprint density at radius 3 is 2.00 bits per heavy atom. The van der Waals surface area contributed by atoms with Gasteiger partial charge in [0.25, 0.3) is 0 Å². The van der Waals surface area contributed by atoms with Crippen molar-refractivity contribution in [2.24, 2.45) is 0 Å². The first-order valence-corrected chi connectivity index (χ1v) is 2.55. The van der Waals surface area contributed by atoms with Crippen molar-refractivity contribution in [2.75, 3.05) is 13.1 Å². The van der Waals surface area contributed by atoms with E-state index in [1.54, 1.807) is 0 Å². The third-order valence-electron chi connectivity index (χ3n) is 0.605. The van der Waals surface area contributed by atoms with E-state index in [2.05, 4.69) is 19.2 Å². The standard InChI is InChI=1S/C5H12N.Ta/c1-3-5-6-4-2;/h3-5H2,1-2H3;/q-1;. The smallest absolute Gasteiger partial charge is 0 e. The number of nitrogens with zero attached hydrogens (tertiary/aromatic N) is 1. The molecule has 2 heteroatoms. The molecule has 0 atom stereocenters. The van der Waals surface area contributed by atoms with E-state index in [1.165, 1.54) is 6.42 Å². The maximum atomic E-state index is 4.09. The van der Waals surface area contributed by atoms with E-state index in [0.29, 0.717) is 0 Å². The average Bonchev–Trinajstić information content (AvgIpc) is 1.61. The van der Waals surface area contributed by atoms with Gasteiger partial charge in [0.15, 0.2) is 0 Å². The van der Waals surface area contributed by atoms with Crippen molar-refractivity contribution in [3.05, 3.63) is 5.32 Å². The van der Waals surface area contributed by atoms with Crippen LogP contribution in [0.15, 0.2) is 0 Å². The van der Waals surface area contributed by atoms with Crippen LogP contribution in [0.25, 0.3) is 5.32 Å². The molecule has 0 aromatic carbocycles. The van der Waals surface area contributed by atoms with Crippen LogP contribution in [0.2, 0.25) is 0 Å². The first-order valence-electron chi connectivity index (χ1n) is 2.55. The van der Waals surface area contributed by atoms with Gasteiger partial charge < -0.3 is 5.32 Å². The van der Waals surface area contributed by atoms with Crippen molar-refractivity contribution < 1.29 is 22.4 Å². The van der Waals surface area contributed by atoms with Crippen molar-refractivity contribution in [3.63, 3.8) is 0 Å². The molecule has 7 heavy (non-hydrogen) atoms. The molecule has 0 N–H and O–H groups in total. The molecule has 0 heterocycles. The summed E-state index contributed by atoms with van der Waals surface area (Å²) >= 11 is 0. The first-order chi connectivity index (χ1) is 2.91. The van der Waals surface area contributed by atoms with Gasteiger partial charge in [-0.3, -0.25) is 0 Å². The van der Waals surface area contributed by atoms with Crippen LogP contribution >= 0.6 is 0 Å². The summed E-state index contributed by atoms with van der Waals surface area (Å²) < 4.78 is 0. The van der Waals surface area contributed by atoms with Gasteiger partial charge in [0.2, 0.25) is 0 Å². The van der Waals surface area contributed by atoms with Gasteiger partial charge in [0.1, 0.15) is 0 Å². The summed E-state index contributed by atoms with van der Waals surface area (Å²) in [5.74, 6) is 0. The second kappa shape index (κ2) is 9.85. The molecule has 0 saturated heterocycles. The minimum Gasteiger partial charge on any atom is -0.662 e. The number of hydrogen-bond donors (Lipinski definition) is 0. The van der Waals surface area contributed by atoms with Gasteiger partial charge in [-0.2, -0.15) is 6.54 Å². The molecule has 0 aliphatic rings. The van der Waals surface area contributed by atoms with Gasteiger partial charge in [-0.15, -0.1) is 6.54 Å². The molecular formula is C5H12NTa-. The molecule has 1 radical (unpaired) electrons. The third kappa shape index (κ3) is 10.8. The van der Waals surface area contributed by atoms with Gasteiger partial charge in [-0.05, 0) is 0 Å². The van der Waals surface area contributed by atoms with Gasteiger partial charge in [0.05, 0.1) is 0 Å². The minimum atomic E-state index is 0. The monoisotopic (exact) mass is 267 g/mol. The quantitative estimate of drug-likeness (QED) is 0.692. The summed E-state index contributed by atoms with van der Waals surface area (Å²) in [4.78, 5) is 0. The van der Waals surface area contributed by atoms with E-state index in [4.69, 9.17) is 0 Å². The summed E-state index contributed by atoms with van der Waals surface area (Å²) in [5, 5.41) is 4.09. The van der Waals surface area contributed by atoms with Gasteiger partial charge >= 0.3 is 0 Å². The van der Waals surface area contributed by atoms with E-state index in [0.717, 1.165) is 13.1 Å². The van der Waals surface area contributed by atoms with Gasteiger partial charge in [-0.25, -0.2) is 0 Å². The predicted octanol–water partition coefficient (Wildman–Crippen LogP) is 1.79. The van der Waals surface area contributed by atoms with Gasteiger partial charge in [0, 0.05) is 22.4 Å². The molecule has 0 bridgehead atoms. The molecule has 43 valence electrons. The molecular weight excluding hydrogens is 255 g/mol. The zero-order valence-corrected chi connectivity index (χ0v) is 8.23. The second-order valence-electron chi connectivity index (χ2n) is 1.26. The van der Waals surface area contributed by atoms with Crippen LogP contribution in [0.4, 0.5) is 0 Å². The summed E-state index contributed by atoms with van der Waals surface area (Å²) in [6.45, 7) is 6.22. The van der Waals surface area contributed by atoms with Gasteiger partial charge in [-0.1, -0.05) is 20.3 Å². The molecule has 0 unspecified atom stereocenters. The molecule has 0 rings (SSSR count). The molecule has 0 aromatic heterocycles. The molecule has 0 aromatic rings. The van der Waals surface area contributed by atoms with E-state index < -0.39 is 0 Å². The van der Waals surface area contributed by atoms with E-state index >= 15 is 0 Å². The molecule has 0 fully saturated rings. The molecule has 0 aliphatic heterocycles. The Morgan fingerprint density at radius 2 is 1.86 bits per heavy atom. The van der Waals surface area contributed by atoms with Crippen molar-refractivity contribution in [1.82, 2.24) is 0 Å². The van der Waals surface area contributed by atoms with Crippen LogP contribution in [0, 0.1) is 0 Å². The Bertz CT molecular complexity index is 20.0. The van der Waals surface area contributed by atoms with E-state index in [1.807, 2.05) is 0 Å². The van der Waals surface area contributed by atoms with Crippen LogP contribution in [-0.4, -0.2) is 13.1 Å². The normalized spacial score (nSPS) is 7.71. The topological polar surface area (TPSA) is 14.1 Å². The van der Waals surface area contributed by atoms with Crippen molar-refractivity contribution in [3.8, 4) is 0 Å². The average molecular weight is 267 g/mol. The second-order valence-corrected chi connectivity index (χ2v) is 1.26. The molecule has 0 amide bonds. The maximum absolute atomic E-state index is 4.09. The Morgan fingerprint density at radius 1 is 1.29 bits per heavy atom. The summed E-state index contributed by atoms with van der Waals surface area (Å²) in [7, 11) is 0. The van der Waals surface area contributed by atoms with Crippen LogP contribution in [-0.2, 0) is 22.4 Å². The summed E-state index contributed by atoms with van der Waals surface area (Å²) in [6.07, 6.45) is 1.19. The predicted molar refractivity (Wildman–Crippen MR) is 29.1 cm³/mol. The minimum absolute atomic E-state index is 0. The number of rotatable bonds is 3. The van der Waals surface area contributed by atoms with E-state index in [9.17, 15) is 0 Å². The fourth-order valence-electron chi connectivity index (χ4n) is 0.316. The SMILES string of the molecule is CCC[N-]CC.[Ta]. The Kier molecular flexibility index (Phi) is 15.0. The fraction of sp³-hybridized carbons (Fsp3) is 1.00. The zero-order chi connectivity index (χ0) is 4.83. The van der Waals surface area contributed by atoms with Crippen molar-refractivity contribution >= 4 is 0 Å². The number of hydrogen-bond acceptors (Lipinski definition) is 0. The fourth-order valence-corrected chi connectivity index (χ4v) is 0.316. The van der Waals surface area contributed by atoms with Crippen LogP contribution in [0.5, 0.6) is 0 Å². The van der Waals surface area contributed by atoms with E-state index in [-0.39, 0.29) is 22.4 Å². The Balaban J connectivity index is 0. The first kappa shape index (κ1) is 10.6. The Hall–Kier alpha value is 0.700. The molecule has 1 nitrogen and oxygen atoms in total.